The van der Waals surface area contributed by atoms with Crippen LogP contribution in [-0.4, -0.2) is 11.5 Å². The van der Waals surface area contributed by atoms with Crippen LogP contribution in [0.3, 0.4) is 0 Å². The molecule has 3 aromatic rings. The molecule has 1 N–H and O–H groups in total. The highest BCUT2D eigenvalue weighted by Gasteiger charge is 2.16. The minimum Gasteiger partial charge on any atom is -0.467 e. The van der Waals surface area contributed by atoms with Gasteiger partial charge >= 0.3 is 0 Å². The number of hydrogen-bond acceptors (Lipinski definition) is 4. The van der Waals surface area contributed by atoms with Gasteiger partial charge in [0.05, 0.1) is 23.0 Å². The number of nitrogens with one attached hydrogen (secondary N) is 1. The molecule has 2 aromatic heterocycles. The normalized spacial score (nSPS) is 12.5. The molecule has 3 nitrogen and oxygen atoms in total. The Kier molecular flexibility index (Phi) is 5.08. The average Bonchev–Trinajstić information content (AvgIpc) is 3.17. The number of aryl methyl sites for hydroxylation is 1. The molecule has 114 valence electrons. The van der Waals surface area contributed by atoms with E-state index in [1.807, 2.05) is 19.1 Å². The van der Waals surface area contributed by atoms with Gasteiger partial charge in [0.2, 0.25) is 0 Å². The largest absolute Gasteiger partial charge is 0.467 e. The Morgan fingerprint density at radius 1 is 1.27 bits per heavy atom. The SMILES string of the molecule is Cc1nc(CCNC(c2ccc(Br)cc2)c2ccco2)cs1. The molecule has 3 rings (SSSR count). The summed E-state index contributed by atoms with van der Waals surface area (Å²) in [6, 6.07) is 12.3. The molecule has 0 aliphatic carbocycles. The van der Waals surface area contributed by atoms with Gasteiger partial charge in [-0.3, -0.25) is 0 Å². The lowest BCUT2D eigenvalue weighted by Crippen LogP contribution is -2.24. The monoisotopic (exact) mass is 376 g/mol. The van der Waals surface area contributed by atoms with E-state index in [0.717, 1.165) is 33.9 Å². The summed E-state index contributed by atoms with van der Waals surface area (Å²) in [5.74, 6) is 0.928. The average molecular weight is 377 g/mol. The molecule has 0 bridgehead atoms. The number of thiazole rings is 1. The minimum atomic E-state index is 0.0582. The molecule has 0 saturated heterocycles. The van der Waals surface area contributed by atoms with Gasteiger partial charge in [-0.25, -0.2) is 4.98 Å². The van der Waals surface area contributed by atoms with Crippen molar-refractivity contribution < 1.29 is 4.42 Å². The van der Waals surface area contributed by atoms with Crippen molar-refractivity contribution in [2.75, 3.05) is 6.54 Å². The number of benzene rings is 1. The fourth-order valence-electron chi connectivity index (χ4n) is 2.36. The number of halogens is 1. The van der Waals surface area contributed by atoms with E-state index < -0.39 is 0 Å². The molecule has 0 amide bonds. The molecule has 2 heterocycles. The first-order chi connectivity index (χ1) is 10.7. The second kappa shape index (κ2) is 7.22. The third-order valence-corrected chi connectivity index (χ3v) is 4.78. The van der Waals surface area contributed by atoms with Crippen molar-refractivity contribution in [3.63, 3.8) is 0 Å². The zero-order valence-electron chi connectivity index (χ0n) is 12.3. The van der Waals surface area contributed by atoms with Gasteiger partial charge in [-0.05, 0) is 36.8 Å². The lowest BCUT2D eigenvalue weighted by molar-refractivity contribution is 0.447. The van der Waals surface area contributed by atoms with Crippen LogP contribution in [0, 0.1) is 6.92 Å². The first-order valence-corrected chi connectivity index (χ1v) is 8.83. The van der Waals surface area contributed by atoms with Crippen LogP contribution in [0.15, 0.2) is 56.9 Å². The Labute approximate surface area is 142 Å². The Morgan fingerprint density at radius 2 is 2.09 bits per heavy atom. The zero-order valence-corrected chi connectivity index (χ0v) is 14.7. The van der Waals surface area contributed by atoms with Gasteiger partial charge in [-0.2, -0.15) is 0 Å². The predicted molar refractivity (Wildman–Crippen MR) is 93.3 cm³/mol. The van der Waals surface area contributed by atoms with E-state index in [1.165, 1.54) is 5.56 Å². The second-order valence-electron chi connectivity index (χ2n) is 5.06. The van der Waals surface area contributed by atoms with Crippen LogP contribution < -0.4 is 5.32 Å². The molecular weight excluding hydrogens is 360 g/mol. The van der Waals surface area contributed by atoms with Gasteiger partial charge in [0.25, 0.3) is 0 Å². The number of nitrogens with zero attached hydrogens (tertiary/aromatic N) is 1. The fourth-order valence-corrected chi connectivity index (χ4v) is 3.27. The summed E-state index contributed by atoms with van der Waals surface area (Å²) in [5, 5.41) is 6.81. The number of furan rings is 1. The van der Waals surface area contributed by atoms with Gasteiger partial charge in [-0.1, -0.05) is 28.1 Å². The van der Waals surface area contributed by atoms with E-state index in [-0.39, 0.29) is 6.04 Å². The summed E-state index contributed by atoms with van der Waals surface area (Å²) >= 11 is 5.17. The predicted octanol–water partition coefficient (Wildman–Crippen LogP) is 4.73. The summed E-state index contributed by atoms with van der Waals surface area (Å²) in [5.41, 5.74) is 2.33. The van der Waals surface area contributed by atoms with Gasteiger partial charge in [0.1, 0.15) is 5.76 Å². The van der Waals surface area contributed by atoms with Crippen LogP contribution in [0.1, 0.15) is 28.1 Å². The highest BCUT2D eigenvalue weighted by molar-refractivity contribution is 9.10. The molecule has 0 fully saturated rings. The topological polar surface area (TPSA) is 38.1 Å². The summed E-state index contributed by atoms with van der Waals surface area (Å²) in [4.78, 5) is 4.50. The Morgan fingerprint density at radius 3 is 2.73 bits per heavy atom. The standard InChI is InChI=1S/C17H17BrN2OS/c1-12-20-15(11-22-12)8-9-19-17(16-3-2-10-21-16)13-4-6-14(18)7-5-13/h2-7,10-11,17,19H,8-9H2,1H3. The van der Waals surface area contributed by atoms with Crippen LogP contribution in [0.5, 0.6) is 0 Å². The van der Waals surface area contributed by atoms with Crippen LogP contribution in [0.25, 0.3) is 0 Å². The highest BCUT2D eigenvalue weighted by Crippen LogP contribution is 2.24. The van der Waals surface area contributed by atoms with E-state index in [2.05, 4.69) is 55.9 Å². The maximum Gasteiger partial charge on any atom is 0.125 e. The third-order valence-electron chi connectivity index (χ3n) is 3.43. The van der Waals surface area contributed by atoms with Crippen LogP contribution >= 0.6 is 27.3 Å². The zero-order chi connectivity index (χ0) is 15.4. The second-order valence-corrected chi connectivity index (χ2v) is 7.04. The van der Waals surface area contributed by atoms with E-state index in [9.17, 15) is 0 Å². The van der Waals surface area contributed by atoms with Gasteiger partial charge in [0.15, 0.2) is 0 Å². The molecule has 0 spiro atoms. The first kappa shape index (κ1) is 15.5. The van der Waals surface area contributed by atoms with Gasteiger partial charge in [-0.15, -0.1) is 11.3 Å². The maximum atomic E-state index is 5.60. The molecule has 0 aliphatic rings. The Bertz CT molecular complexity index is 707. The van der Waals surface area contributed by atoms with Crippen molar-refractivity contribution in [1.82, 2.24) is 10.3 Å². The van der Waals surface area contributed by atoms with E-state index in [4.69, 9.17) is 4.42 Å². The molecule has 0 saturated carbocycles. The fraction of sp³-hybridized carbons (Fsp3) is 0.235. The highest BCUT2D eigenvalue weighted by atomic mass is 79.9. The number of rotatable bonds is 6. The first-order valence-electron chi connectivity index (χ1n) is 7.15. The van der Waals surface area contributed by atoms with Crippen molar-refractivity contribution in [2.24, 2.45) is 0 Å². The summed E-state index contributed by atoms with van der Waals surface area (Å²) in [6.45, 7) is 2.89. The number of aromatic nitrogens is 1. The minimum absolute atomic E-state index is 0.0582. The third kappa shape index (κ3) is 3.85. The molecule has 1 unspecified atom stereocenters. The summed E-state index contributed by atoms with van der Waals surface area (Å²) in [7, 11) is 0. The number of hydrogen-bond donors (Lipinski definition) is 1. The Balaban J connectivity index is 1.70. The lowest BCUT2D eigenvalue weighted by Gasteiger charge is -2.17. The van der Waals surface area contributed by atoms with Crippen LogP contribution in [0.2, 0.25) is 0 Å². The molecule has 5 heteroatoms. The lowest BCUT2D eigenvalue weighted by atomic mass is 10.0. The summed E-state index contributed by atoms with van der Waals surface area (Å²) in [6.07, 6.45) is 2.63. The molecular formula is C17H17BrN2OS. The van der Waals surface area contributed by atoms with Crippen molar-refractivity contribution in [3.05, 3.63) is 74.5 Å². The summed E-state index contributed by atoms with van der Waals surface area (Å²) < 4.78 is 6.68. The van der Waals surface area contributed by atoms with E-state index in [0.29, 0.717) is 0 Å². The molecule has 1 atom stereocenters. The van der Waals surface area contributed by atoms with E-state index >= 15 is 0 Å². The molecule has 1 aromatic carbocycles. The van der Waals surface area contributed by atoms with Crippen molar-refractivity contribution in [1.29, 1.82) is 0 Å². The quantitative estimate of drug-likeness (QED) is 0.675. The van der Waals surface area contributed by atoms with Gasteiger partial charge < -0.3 is 9.73 Å². The molecule has 0 aliphatic heterocycles. The smallest absolute Gasteiger partial charge is 0.125 e. The van der Waals surface area contributed by atoms with Crippen molar-refractivity contribution in [3.8, 4) is 0 Å². The van der Waals surface area contributed by atoms with Crippen molar-refractivity contribution in [2.45, 2.75) is 19.4 Å². The molecule has 22 heavy (non-hydrogen) atoms. The van der Waals surface area contributed by atoms with Crippen LogP contribution in [0.4, 0.5) is 0 Å². The molecule has 0 radical (unpaired) electrons. The van der Waals surface area contributed by atoms with E-state index in [1.54, 1.807) is 17.6 Å². The Hall–Kier alpha value is -1.43. The van der Waals surface area contributed by atoms with Crippen molar-refractivity contribution >= 4 is 27.3 Å². The van der Waals surface area contributed by atoms with Gasteiger partial charge in [0, 0.05) is 22.8 Å². The maximum absolute atomic E-state index is 5.60. The van der Waals surface area contributed by atoms with Crippen LogP contribution in [-0.2, 0) is 6.42 Å².